The lowest BCUT2D eigenvalue weighted by Crippen LogP contribution is -2.40. The maximum Gasteiger partial charge on any atom is 0.243 e. The first-order valence-electron chi connectivity index (χ1n) is 7.99. The van der Waals surface area contributed by atoms with Gasteiger partial charge in [-0.15, -0.1) is 12.4 Å². The van der Waals surface area contributed by atoms with E-state index in [2.05, 4.69) is 6.92 Å². The Hall–Kier alpha value is -0.620. The van der Waals surface area contributed by atoms with Gasteiger partial charge in [-0.3, -0.25) is 0 Å². The van der Waals surface area contributed by atoms with Gasteiger partial charge < -0.3 is 5.73 Å². The van der Waals surface area contributed by atoms with Crippen molar-refractivity contribution in [2.24, 2.45) is 11.7 Å². The fourth-order valence-electron chi connectivity index (χ4n) is 3.37. The zero-order valence-corrected chi connectivity index (χ0v) is 16.4. The van der Waals surface area contributed by atoms with Crippen LogP contribution in [0.1, 0.15) is 40.7 Å². The molecule has 0 bridgehead atoms. The SMILES string of the molecule is Cc1c(C)c(C)c(S(=O)(=O)N2CCC(CN)CC2)c(C)c1C.Cl. The third kappa shape index (κ3) is 3.58. The predicted octanol–water partition coefficient (Wildman–Crippen LogP) is 3.01. The average molecular weight is 361 g/mol. The van der Waals surface area contributed by atoms with Gasteiger partial charge in [0.15, 0.2) is 0 Å². The van der Waals surface area contributed by atoms with Gasteiger partial charge >= 0.3 is 0 Å². The van der Waals surface area contributed by atoms with Gasteiger partial charge in [-0.1, -0.05) is 0 Å². The van der Waals surface area contributed by atoms with E-state index in [4.69, 9.17) is 5.73 Å². The average Bonchev–Trinajstić information content (AvgIpc) is 2.51. The summed E-state index contributed by atoms with van der Waals surface area (Å²) in [5.41, 5.74) is 10.8. The topological polar surface area (TPSA) is 63.4 Å². The van der Waals surface area contributed by atoms with Crippen molar-refractivity contribution >= 4 is 22.4 Å². The second kappa shape index (κ2) is 7.51. The van der Waals surface area contributed by atoms with Crippen LogP contribution >= 0.6 is 12.4 Å². The second-order valence-corrected chi connectivity index (χ2v) is 8.41. The lowest BCUT2D eigenvalue weighted by Gasteiger charge is -2.32. The molecule has 0 spiro atoms. The third-order valence-corrected chi connectivity index (χ3v) is 7.61. The Morgan fingerprint density at radius 1 is 0.913 bits per heavy atom. The van der Waals surface area contributed by atoms with Crippen molar-refractivity contribution < 1.29 is 8.42 Å². The Morgan fingerprint density at radius 2 is 1.30 bits per heavy atom. The molecule has 1 aliphatic rings. The number of hydrogen-bond donors (Lipinski definition) is 1. The normalized spacial score (nSPS) is 17.1. The zero-order chi connectivity index (χ0) is 16.7. The number of hydrogen-bond acceptors (Lipinski definition) is 3. The summed E-state index contributed by atoms with van der Waals surface area (Å²) in [5, 5.41) is 0. The van der Waals surface area contributed by atoms with Gasteiger partial charge in [0.25, 0.3) is 0 Å². The molecule has 0 unspecified atom stereocenters. The summed E-state index contributed by atoms with van der Waals surface area (Å²) >= 11 is 0. The van der Waals surface area contributed by atoms with E-state index in [0.717, 1.165) is 35.1 Å². The molecule has 1 heterocycles. The molecule has 0 saturated carbocycles. The van der Waals surface area contributed by atoms with E-state index < -0.39 is 10.0 Å². The van der Waals surface area contributed by atoms with Crippen molar-refractivity contribution in [1.82, 2.24) is 4.31 Å². The highest BCUT2D eigenvalue weighted by atomic mass is 35.5. The van der Waals surface area contributed by atoms with E-state index in [1.165, 1.54) is 5.56 Å². The van der Waals surface area contributed by atoms with Crippen molar-refractivity contribution in [3.63, 3.8) is 0 Å². The van der Waals surface area contributed by atoms with Gasteiger partial charge in [-0.25, -0.2) is 8.42 Å². The highest BCUT2D eigenvalue weighted by molar-refractivity contribution is 7.89. The molecule has 1 saturated heterocycles. The van der Waals surface area contributed by atoms with E-state index in [1.807, 2.05) is 27.7 Å². The fourth-order valence-corrected chi connectivity index (χ4v) is 5.40. The van der Waals surface area contributed by atoms with Crippen molar-refractivity contribution in [1.29, 1.82) is 0 Å². The molecule has 6 heteroatoms. The lowest BCUT2D eigenvalue weighted by atomic mass is 9.95. The first-order chi connectivity index (χ1) is 10.2. The molecule has 2 rings (SSSR count). The van der Waals surface area contributed by atoms with Crippen LogP contribution in [0.3, 0.4) is 0 Å². The van der Waals surface area contributed by atoms with Crippen LogP contribution in [0.2, 0.25) is 0 Å². The van der Waals surface area contributed by atoms with Gasteiger partial charge in [0.05, 0.1) is 4.90 Å². The van der Waals surface area contributed by atoms with Gasteiger partial charge in [-0.05, 0) is 87.7 Å². The first-order valence-corrected chi connectivity index (χ1v) is 9.43. The number of piperidine rings is 1. The Labute approximate surface area is 146 Å². The van der Waals surface area contributed by atoms with E-state index in [9.17, 15) is 8.42 Å². The summed E-state index contributed by atoms with van der Waals surface area (Å²) in [6, 6.07) is 0. The number of nitrogens with zero attached hydrogens (tertiary/aromatic N) is 1. The summed E-state index contributed by atoms with van der Waals surface area (Å²) in [5.74, 6) is 0.454. The van der Waals surface area contributed by atoms with Crippen LogP contribution in [0, 0.1) is 40.5 Å². The molecular formula is C17H29ClN2O2S. The van der Waals surface area contributed by atoms with Crippen LogP contribution in [-0.4, -0.2) is 32.4 Å². The van der Waals surface area contributed by atoms with E-state index in [-0.39, 0.29) is 12.4 Å². The summed E-state index contributed by atoms with van der Waals surface area (Å²) in [7, 11) is -3.42. The van der Waals surface area contributed by atoms with E-state index in [0.29, 0.717) is 30.4 Å². The highest BCUT2D eigenvalue weighted by Crippen LogP contribution is 2.33. The number of rotatable bonds is 3. The molecular weight excluding hydrogens is 332 g/mol. The minimum absolute atomic E-state index is 0. The van der Waals surface area contributed by atoms with Crippen LogP contribution in [0.5, 0.6) is 0 Å². The third-order valence-electron chi connectivity index (χ3n) is 5.44. The second-order valence-electron chi connectivity index (χ2n) is 6.54. The van der Waals surface area contributed by atoms with Gasteiger partial charge in [-0.2, -0.15) is 4.31 Å². The molecule has 23 heavy (non-hydrogen) atoms. The molecule has 132 valence electrons. The zero-order valence-electron chi connectivity index (χ0n) is 14.8. The molecule has 2 N–H and O–H groups in total. The quantitative estimate of drug-likeness (QED) is 0.901. The van der Waals surface area contributed by atoms with Gasteiger partial charge in [0, 0.05) is 13.1 Å². The Bertz CT molecular complexity index is 649. The van der Waals surface area contributed by atoms with Crippen molar-refractivity contribution in [3.05, 3.63) is 27.8 Å². The van der Waals surface area contributed by atoms with Crippen LogP contribution in [0.15, 0.2) is 4.90 Å². The Morgan fingerprint density at radius 3 is 1.70 bits per heavy atom. The molecule has 4 nitrogen and oxygen atoms in total. The molecule has 1 aliphatic heterocycles. The smallest absolute Gasteiger partial charge is 0.243 e. The van der Waals surface area contributed by atoms with E-state index in [1.54, 1.807) is 4.31 Å². The molecule has 0 aliphatic carbocycles. The Kier molecular flexibility index (Phi) is 6.67. The highest BCUT2D eigenvalue weighted by Gasteiger charge is 2.32. The lowest BCUT2D eigenvalue weighted by molar-refractivity contribution is 0.278. The summed E-state index contributed by atoms with van der Waals surface area (Å²) in [6.07, 6.45) is 1.72. The van der Waals surface area contributed by atoms with Crippen molar-refractivity contribution in [3.8, 4) is 0 Å². The minimum Gasteiger partial charge on any atom is -0.330 e. The maximum absolute atomic E-state index is 13.1. The number of halogens is 1. The summed E-state index contributed by atoms with van der Waals surface area (Å²) in [6.45, 7) is 11.7. The number of benzene rings is 1. The predicted molar refractivity (Wildman–Crippen MR) is 97.9 cm³/mol. The molecule has 0 amide bonds. The van der Waals surface area contributed by atoms with Crippen molar-refractivity contribution in [2.75, 3.05) is 19.6 Å². The van der Waals surface area contributed by atoms with Crippen LogP contribution in [-0.2, 0) is 10.0 Å². The molecule has 0 radical (unpaired) electrons. The fraction of sp³-hybridized carbons (Fsp3) is 0.647. The monoisotopic (exact) mass is 360 g/mol. The van der Waals surface area contributed by atoms with Crippen LogP contribution < -0.4 is 5.73 Å². The summed E-state index contributed by atoms with van der Waals surface area (Å²) < 4.78 is 27.9. The molecule has 1 aromatic rings. The minimum atomic E-state index is -3.42. The van der Waals surface area contributed by atoms with E-state index >= 15 is 0 Å². The first kappa shape index (κ1) is 20.4. The molecule has 1 fully saturated rings. The summed E-state index contributed by atoms with van der Waals surface area (Å²) in [4.78, 5) is 0.513. The van der Waals surface area contributed by atoms with Crippen LogP contribution in [0.25, 0.3) is 0 Å². The number of sulfonamides is 1. The molecule has 0 atom stereocenters. The maximum atomic E-state index is 13.1. The Balaban J connectivity index is 0.00000264. The van der Waals surface area contributed by atoms with Crippen molar-refractivity contribution in [2.45, 2.75) is 52.4 Å². The van der Waals surface area contributed by atoms with Crippen LogP contribution in [0.4, 0.5) is 0 Å². The number of nitrogens with two attached hydrogens (primary N) is 1. The molecule has 0 aromatic heterocycles. The van der Waals surface area contributed by atoms with Gasteiger partial charge in [0.1, 0.15) is 0 Å². The largest absolute Gasteiger partial charge is 0.330 e. The standard InChI is InChI=1S/C17H28N2O2S.ClH/c1-11-12(2)14(4)17(15(5)13(11)3)22(20,21)19-8-6-16(10-18)7-9-19;/h16H,6-10,18H2,1-5H3;1H. The van der Waals surface area contributed by atoms with Gasteiger partial charge in [0.2, 0.25) is 10.0 Å². The molecule has 1 aromatic carbocycles.